The van der Waals surface area contributed by atoms with E-state index in [-0.39, 0.29) is 0 Å². The van der Waals surface area contributed by atoms with Crippen LogP contribution in [0, 0.1) is 20.8 Å². The smallest absolute Gasteiger partial charge is 0.144 e. The lowest BCUT2D eigenvalue weighted by Gasteiger charge is -2.24. The third kappa shape index (κ3) is 9.92. The third-order valence-electron chi connectivity index (χ3n) is 11.3. The van der Waals surface area contributed by atoms with Gasteiger partial charge in [-0.25, -0.2) is 9.97 Å². The van der Waals surface area contributed by atoms with Gasteiger partial charge in [-0.05, 0) is 107 Å². The maximum absolute atomic E-state index is 4.79. The van der Waals surface area contributed by atoms with Gasteiger partial charge in [0.15, 0.2) is 0 Å². The normalized spacial score (nSPS) is 11.3. The number of aromatic nitrogens is 4. The minimum Gasteiger partial charge on any atom is -0.299 e. The van der Waals surface area contributed by atoms with Crippen molar-refractivity contribution in [1.82, 2.24) is 19.1 Å². The van der Waals surface area contributed by atoms with Gasteiger partial charge in [0.2, 0.25) is 0 Å². The lowest BCUT2D eigenvalue weighted by atomic mass is 9.87. The molecular weight excluding hydrogens is 729 g/mol. The van der Waals surface area contributed by atoms with Crippen LogP contribution in [0.2, 0.25) is 0 Å². The topological polar surface area (TPSA) is 35.6 Å². The molecule has 0 amide bonds. The van der Waals surface area contributed by atoms with E-state index in [2.05, 4.69) is 209 Å². The molecule has 0 bridgehead atoms. The fourth-order valence-corrected chi connectivity index (χ4v) is 8.33. The van der Waals surface area contributed by atoms with Crippen LogP contribution < -0.4 is 0 Å². The van der Waals surface area contributed by atoms with Gasteiger partial charge in [0.1, 0.15) is 11.6 Å². The Morgan fingerprint density at radius 3 is 1.25 bits per heavy atom. The van der Waals surface area contributed by atoms with E-state index in [0.29, 0.717) is 29.6 Å². The molecule has 4 nitrogen and oxygen atoms in total. The van der Waals surface area contributed by atoms with Gasteiger partial charge >= 0.3 is 0 Å². The van der Waals surface area contributed by atoms with E-state index in [1.165, 1.54) is 78.1 Å². The summed E-state index contributed by atoms with van der Waals surface area (Å²) in [6, 6.07) is 35.5. The SMILES string of the molecule is CC.CC(C)c1ccccc1-c1nccn1-c1c(C(C)C)cccc1C(C)C.Cc1cc(C)cc(-c2cc(C(C)C)c(-n3ccnc3-c3ccccc3C)c(C(C)C)c2)c1. The highest BCUT2D eigenvalue weighted by Gasteiger charge is 2.23. The average molecular weight is 799 g/mol. The maximum atomic E-state index is 4.79. The van der Waals surface area contributed by atoms with E-state index in [1.54, 1.807) is 0 Å². The van der Waals surface area contributed by atoms with Crippen molar-refractivity contribution in [2.75, 3.05) is 0 Å². The van der Waals surface area contributed by atoms with Crippen molar-refractivity contribution in [1.29, 1.82) is 0 Å². The Bertz CT molecular complexity index is 2410. The zero-order valence-electron chi connectivity index (χ0n) is 39.2. The first-order valence-corrected chi connectivity index (χ1v) is 22.3. The minimum atomic E-state index is 0.389. The maximum Gasteiger partial charge on any atom is 0.144 e. The quantitative estimate of drug-likeness (QED) is 0.138. The Balaban J connectivity index is 0.000000223. The van der Waals surface area contributed by atoms with Crippen LogP contribution >= 0.6 is 0 Å². The molecule has 314 valence electrons. The summed E-state index contributed by atoms with van der Waals surface area (Å²) in [4.78, 5) is 9.56. The van der Waals surface area contributed by atoms with Crippen LogP contribution in [0.15, 0.2) is 122 Å². The van der Waals surface area contributed by atoms with Crippen LogP contribution in [-0.2, 0) is 0 Å². The number of rotatable bonds is 10. The zero-order valence-corrected chi connectivity index (χ0v) is 39.2. The highest BCUT2D eigenvalue weighted by molar-refractivity contribution is 5.73. The van der Waals surface area contributed by atoms with Crippen LogP contribution in [0.25, 0.3) is 45.3 Å². The van der Waals surface area contributed by atoms with Gasteiger partial charge < -0.3 is 0 Å². The predicted molar refractivity (Wildman–Crippen MR) is 259 cm³/mol. The number of benzene rings is 5. The van der Waals surface area contributed by atoms with Crippen LogP contribution in [0.3, 0.4) is 0 Å². The Morgan fingerprint density at radius 1 is 0.400 bits per heavy atom. The predicted octanol–water partition coefficient (Wildman–Crippen LogP) is 16.3. The number of nitrogens with zero attached hydrogens (tertiary/aromatic N) is 4. The third-order valence-corrected chi connectivity index (χ3v) is 11.3. The Kier molecular flexibility index (Phi) is 15.3. The largest absolute Gasteiger partial charge is 0.299 e. The first kappa shape index (κ1) is 45.6. The van der Waals surface area contributed by atoms with Crippen molar-refractivity contribution in [2.45, 2.75) is 133 Å². The average Bonchev–Trinajstić information content (AvgIpc) is 3.91. The number of imidazole rings is 2. The summed E-state index contributed by atoms with van der Waals surface area (Å²) in [5.74, 6) is 4.19. The van der Waals surface area contributed by atoms with Gasteiger partial charge in [0.25, 0.3) is 0 Å². The molecule has 0 aliphatic heterocycles. The molecule has 4 heteroatoms. The lowest BCUT2D eigenvalue weighted by molar-refractivity contribution is 0.805. The summed E-state index contributed by atoms with van der Waals surface area (Å²) in [6.45, 7) is 33.2. The molecule has 5 aromatic carbocycles. The summed E-state index contributed by atoms with van der Waals surface area (Å²) >= 11 is 0. The van der Waals surface area contributed by atoms with Crippen molar-refractivity contribution in [3.8, 4) is 45.3 Å². The highest BCUT2D eigenvalue weighted by atomic mass is 15.1. The van der Waals surface area contributed by atoms with Crippen LogP contribution in [0.4, 0.5) is 0 Å². The number of para-hydroxylation sites is 1. The molecule has 0 saturated heterocycles. The fourth-order valence-electron chi connectivity index (χ4n) is 8.33. The lowest BCUT2D eigenvalue weighted by Crippen LogP contribution is -2.09. The van der Waals surface area contributed by atoms with E-state index >= 15 is 0 Å². The molecule has 0 unspecified atom stereocenters. The summed E-state index contributed by atoms with van der Waals surface area (Å²) < 4.78 is 4.60. The molecule has 2 heterocycles. The summed E-state index contributed by atoms with van der Waals surface area (Å²) in [6.07, 6.45) is 8.08. The summed E-state index contributed by atoms with van der Waals surface area (Å²) in [7, 11) is 0. The van der Waals surface area contributed by atoms with Crippen molar-refractivity contribution in [2.24, 2.45) is 0 Å². The Labute approximate surface area is 362 Å². The van der Waals surface area contributed by atoms with Gasteiger partial charge in [-0.15, -0.1) is 0 Å². The van der Waals surface area contributed by atoms with Crippen molar-refractivity contribution in [3.05, 3.63) is 166 Å². The molecule has 0 N–H and O–H groups in total. The molecule has 0 fully saturated rings. The molecule has 7 rings (SSSR count). The molecule has 0 atom stereocenters. The molecule has 7 aromatic rings. The first-order chi connectivity index (χ1) is 28.7. The van der Waals surface area contributed by atoms with Crippen molar-refractivity contribution < 1.29 is 0 Å². The minimum absolute atomic E-state index is 0.389. The molecule has 0 radical (unpaired) electrons. The second-order valence-electron chi connectivity index (χ2n) is 17.6. The van der Waals surface area contributed by atoms with Gasteiger partial charge in [-0.2, -0.15) is 0 Å². The van der Waals surface area contributed by atoms with Crippen LogP contribution in [0.1, 0.15) is 157 Å². The van der Waals surface area contributed by atoms with E-state index in [4.69, 9.17) is 9.97 Å². The Morgan fingerprint density at radius 2 is 0.783 bits per heavy atom. The van der Waals surface area contributed by atoms with E-state index in [0.717, 1.165) is 11.6 Å². The van der Waals surface area contributed by atoms with Gasteiger partial charge in [-0.1, -0.05) is 179 Å². The summed E-state index contributed by atoms with van der Waals surface area (Å²) in [5.41, 5.74) is 18.2. The molecule has 60 heavy (non-hydrogen) atoms. The van der Waals surface area contributed by atoms with Crippen LogP contribution in [0.5, 0.6) is 0 Å². The Hall–Kier alpha value is -5.48. The number of hydrogen-bond acceptors (Lipinski definition) is 2. The van der Waals surface area contributed by atoms with Crippen LogP contribution in [-0.4, -0.2) is 19.1 Å². The van der Waals surface area contributed by atoms with Crippen molar-refractivity contribution >= 4 is 0 Å². The molecule has 0 saturated carbocycles. The zero-order chi connectivity index (χ0) is 43.8. The molecule has 0 spiro atoms. The van der Waals surface area contributed by atoms with E-state index in [9.17, 15) is 0 Å². The number of hydrogen-bond donors (Lipinski definition) is 0. The van der Waals surface area contributed by atoms with E-state index < -0.39 is 0 Å². The van der Waals surface area contributed by atoms with Gasteiger partial charge in [-0.3, -0.25) is 9.13 Å². The monoisotopic (exact) mass is 799 g/mol. The van der Waals surface area contributed by atoms with E-state index in [1.807, 2.05) is 26.2 Å². The highest BCUT2D eigenvalue weighted by Crippen LogP contribution is 2.39. The standard InChI is InChI=1S/C30H34N2.C24H30N2.C2H6/c1-19(2)27-17-25(24-15-21(5)14-22(6)16-24)18-28(20(3)4)29(27)32-13-12-31-30(32)26-11-9-8-10-23(26)7;1-16(2)19-10-7-8-11-22(19)24-25-14-15-26(24)23-20(17(3)4)12-9-13-21(23)18(5)6;1-2/h8-20H,1-7H3;7-18H,1-6H3;1-2H3. The molecule has 0 aliphatic carbocycles. The fraction of sp³-hybridized carbons (Fsp3) is 0.357. The second kappa shape index (κ2) is 20.2. The summed E-state index contributed by atoms with van der Waals surface area (Å²) in [5, 5.41) is 0. The molecule has 2 aromatic heterocycles. The van der Waals surface area contributed by atoms with Crippen molar-refractivity contribution in [3.63, 3.8) is 0 Å². The number of aryl methyl sites for hydroxylation is 3. The molecule has 0 aliphatic rings. The molecular formula is C56H70N4. The first-order valence-electron chi connectivity index (χ1n) is 22.3. The van der Waals surface area contributed by atoms with Gasteiger partial charge in [0, 0.05) is 35.9 Å². The second-order valence-corrected chi connectivity index (χ2v) is 17.6. The van der Waals surface area contributed by atoms with Gasteiger partial charge in [0.05, 0.1) is 11.4 Å².